The molecule has 0 unspecified atom stereocenters. The first-order valence-electron chi connectivity index (χ1n) is 9.68. The molecule has 144 valence electrons. The number of aliphatic hydroxyl groups is 1. The maximum atomic E-state index is 13.8. The van der Waals surface area contributed by atoms with Crippen molar-refractivity contribution >= 4 is 33.3 Å². The van der Waals surface area contributed by atoms with E-state index in [4.69, 9.17) is 0 Å². The van der Waals surface area contributed by atoms with Gasteiger partial charge in [-0.1, -0.05) is 18.2 Å². The van der Waals surface area contributed by atoms with Crippen molar-refractivity contribution in [2.45, 2.75) is 64.9 Å². The lowest BCUT2D eigenvalue weighted by atomic mass is 9.65. The van der Waals surface area contributed by atoms with Crippen molar-refractivity contribution in [2.75, 3.05) is 24.3 Å². The molecule has 4 rings (SSSR count). The molecule has 0 bridgehead atoms. The molecular formula is C20H29NO2S3. The number of benzene rings is 1. The number of rotatable bonds is 3. The summed E-state index contributed by atoms with van der Waals surface area (Å²) >= 11 is 4.07. The molecule has 2 aliphatic heterocycles. The van der Waals surface area contributed by atoms with Crippen LogP contribution in [0, 0.1) is 0 Å². The summed E-state index contributed by atoms with van der Waals surface area (Å²) in [5.41, 5.74) is -0.907. The van der Waals surface area contributed by atoms with Crippen LogP contribution in [0.3, 0.4) is 0 Å². The zero-order valence-corrected chi connectivity index (χ0v) is 17.9. The van der Waals surface area contributed by atoms with Crippen LogP contribution in [0.15, 0.2) is 39.6 Å². The van der Waals surface area contributed by atoms with Gasteiger partial charge in [0.25, 0.3) is 0 Å². The lowest BCUT2D eigenvalue weighted by Gasteiger charge is -2.58. The van der Waals surface area contributed by atoms with E-state index in [1.807, 2.05) is 42.1 Å². The Kier molecular flexibility index (Phi) is 5.17. The van der Waals surface area contributed by atoms with Crippen LogP contribution >= 0.6 is 23.5 Å². The first kappa shape index (κ1) is 19.2. The van der Waals surface area contributed by atoms with Gasteiger partial charge in [-0.25, -0.2) is 8.57 Å². The summed E-state index contributed by atoms with van der Waals surface area (Å²) in [6, 6.07) is 9.57. The summed E-state index contributed by atoms with van der Waals surface area (Å²) < 4.78 is 18.2. The lowest BCUT2D eigenvalue weighted by Crippen LogP contribution is -2.67. The molecule has 2 heterocycles. The summed E-state index contributed by atoms with van der Waals surface area (Å²) in [5, 5.41) is 12.1. The Bertz CT molecular complexity index is 761. The molecule has 26 heavy (non-hydrogen) atoms. The largest absolute Gasteiger partial charge is 0.387 e. The zero-order chi connectivity index (χ0) is 18.3. The number of thioether (sulfide) groups is 2. The molecule has 3 nitrogen and oxygen atoms in total. The van der Waals surface area contributed by atoms with E-state index in [9.17, 15) is 9.32 Å². The van der Waals surface area contributed by atoms with E-state index in [1.54, 1.807) is 7.05 Å². The van der Waals surface area contributed by atoms with Crippen molar-refractivity contribution < 1.29 is 9.32 Å². The van der Waals surface area contributed by atoms with E-state index in [2.05, 4.69) is 16.1 Å². The Morgan fingerprint density at radius 1 is 1.04 bits per heavy atom. The maximum Gasteiger partial charge on any atom is 0.0934 e. The molecule has 1 aromatic rings. The predicted molar refractivity (Wildman–Crippen MR) is 114 cm³/mol. The molecule has 0 aromatic heterocycles. The van der Waals surface area contributed by atoms with Crippen LogP contribution < -0.4 is 0 Å². The quantitative estimate of drug-likeness (QED) is 0.790. The van der Waals surface area contributed by atoms with Gasteiger partial charge in [0, 0.05) is 16.7 Å². The summed E-state index contributed by atoms with van der Waals surface area (Å²) in [4.78, 5) is 0.757. The second-order valence-corrected chi connectivity index (χ2v) is 13.2. The fraction of sp³-hybridized carbons (Fsp3) is 0.700. The minimum absolute atomic E-state index is 0.159. The lowest BCUT2D eigenvalue weighted by molar-refractivity contribution is -0.0260. The topological polar surface area (TPSA) is 49.7 Å². The van der Waals surface area contributed by atoms with Crippen LogP contribution in [-0.4, -0.2) is 48.7 Å². The van der Waals surface area contributed by atoms with Crippen molar-refractivity contribution in [3.8, 4) is 0 Å². The highest BCUT2D eigenvalue weighted by Gasteiger charge is 2.67. The fourth-order valence-corrected chi connectivity index (χ4v) is 11.7. The maximum absolute atomic E-state index is 13.8. The van der Waals surface area contributed by atoms with Gasteiger partial charge in [-0.2, -0.15) is 23.5 Å². The van der Waals surface area contributed by atoms with Crippen LogP contribution in [0.1, 0.15) is 44.9 Å². The molecule has 0 amide bonds. The molecule has 0 radical (unpaired) electrons. The Hall–Kier alpha value is -0.170. The van der Waals surface area contributed by atoms with Crippen LogP contribution in [0.5, 0.6) is 0 Å². The minimum Gasteiger partial charge on any atom is -0.387 e. The highest BCUT2D eigenvalue weighted by Crippen LogP contribution is 2.66. The van der Waals surface area contributed by atoms with Gasteiger partial charge in [0.2, 0.25) is 0 Å². The summed E-state index contributed by atoms with van der Waals surface area (Å²) in [5.74, 6) is 2.58. The SMILES string of the molecule is CN=[S@](=O)(C[C@@]1(O)CCC[C@]2(CCCS2)[C@@]12CCCS2)c1ccccc1. The second kappa shape index (κ2) is 7.02. The minimum atomic E-state index is -2.62. The number of hydrogen-bond donors (Lipinski definition) is 1. The van der Waals surface area contributed by atoms with Gasteiger partial charge in [0.05, 0.1) is 25.8 Å². The van der Waals surface area contributed by atoms with Gasteiger partial charge >= 0.3 is 0 Å². The second-order valence-electron chi connectivity index (χ2n) is 7.89. The normalized spacial score (nSPS) is 39.3. The molecule has 1 aromatic carbocycles. The summed E-state index contributed by atoms with van der Waals surface area (Å²) in [6.45, 7) is 0. The standard InChI is InChI=1S/C20H29NO2S3/c1-21-26(23,17-8-3-2-4-9-17)16-18(22)10-5-11-19(12-6-14-24-19)20(18)13-7-15-25-20/h2-4,8-9,22H,5-7,10-16H2,1H3/t18-,19-,20+,26-/m0/s1. The Labute approximate surface area is 166 Å². The van der Waals surface area contributed by atoms with Crippen molar-refractivity contribution in [2.24, 2.45) is 4.36 Å². The van der Waals surface area contributed by atoms with E-state index >= 15 is 0 Å². The van der Waals surface area contributed by atoms with E-state index in [0.29, 0.717) is 0 Å². The molecular weight excluding hydrogens is 382 g/mol. The van der Waals surface area contributed by atoms with Crippen LogP contribution in [-0.2, 0) is 9.73 Å². The van der Waals surface area contributed by atoms with E-state index in [1.165, 1.54) is 25.0 Å². The fourth-order valence-electron chi connectivity index (χ4n) is 5.47. The van der Waals surface area contributed by atoms with Crippen molar-refractivity contribution in [1.82, 2.24) is 0 Å². The zero-order valence-electron chi connectivity index (χ0n) is 15.5. The smallest absolute Gasteiger partial charge is 0.0934 e. The van der Waals surface area contributed by atoms with Gasteiger partial charge in [-0.3, -0.25) is 0 Å². The third kappa shape index (κ3) is 2.78. The van der Waals surface area contributed by atoms with E-state index < -0.39 is 15.3 Å². The first-order chi connectivity index (χ1) is 12.5. The van der Waals surface area contributed by atoms with Gasteiger partial charge in [-0.05, 0) is 68.6 Å². The summed E-state index contributed by atoms with van der Waals surface area (Å²) in [6.07, 6.45) is 7.63. The van der Waals surface area contributed by atoms with E-state index in [0.717, 1.165) is 36.3 Å². The molecule has 4 atom stereocenters. The summed E-state index contributed by atoms with van der Waals surface area (Å²) in [7, 11) is -0.972. The van der Waals surface area contributed by atoms with Gasteiger partial charge in [0.15, 0.2) is 0 Å². The van der Waals surface area contributed by atoms with Crippen LogP contribution in [0.4, 0.5) is 0 Å². The van der Waals surface area contributed by atoms with Crippen LogP contribution in [0.2, 0.25) is 0 Å². The highest BCUT2D eigenvalue weighted by molar-refractivity contribution is 8.05. The van der Waals surface area contributed by atoms with Crippen molar-refractivity contribution in [1.29, 1.82) is 0 Å². The average Bonchev–Trinajstić information content (AvgIpc) is 3.32. The average molecular weight is 412 g/mol. The molecule has 1 N–H and O–H groups in total. The predicted octanol–water partition coefficient (Wildman–Crippen LogP) is 4.59. The molecule has 2 saturated heterocycles. The molecule has 1 saturated carbocycles. The molecule has 3 fully saturated rings. The molecule has 2 spiro atoms. The highest BCUT2D eigenvalue weighted by atomic mass is 32.2. The van der Waals surface area contributed by atoms with Crippen molar-refractivity contribution in [3.05, 3.63) is 30.3 Å². The molecule has 6 heteroatoms. The number of fused-ring (bicyclic) bond motifs is 1. The first-order valence-corrected chi connectivity index (χ1v) is 13.3. The third-order valence-corrected chi connectivity index (χ3v) is 13.0. The third-order valence-electron chi connectivity index (χ3n) is 6.62. The van der Waals surface area contributed by atoms with Crippen molar-refractivity contribution in [3.63, 3.8) is 0 Å². The monoisotopic (exact) mass is 411 g/mol. The van der Waals surface area contributed by atoms with E-state index in [-0.39, 0.29) is 15.2 Å². The van der Waals surface area contributed by atoms with Gasteiger partial charge < -0.3 is 5.11 Å². The molecule has 3 aliphatic rings. The van der Waals surface area contributed by atoms with Gasteiger partial charge in [0.1, 0.15) is 0 Å². The van der Waals surface area contributed by atoms with Crippen LogP contribution in [0.25, 0.3) is 0 Å². The number of hydrogen-bond acceptors (Lipinski definition) is 5. The Morgan fingerprint density at radius 2 is 1.73 bits per heavy atom. The number of nitrogens with zero attached hydrogens (tertiary/aromatic N) is 1. The Balaban J connectivity index is 1.77. The van der Waals surface area contributed by atoms with Gasteiger partial charge in [-0.15, -0.1) is 0 Å². The Morgan fingerprint density at radius 3 is 2.35 bits per heavy atom. The molecule has 1 aliphatic carbocycles.